The Balaban J connectivity index is 1.52. The minimum absolute atomic E-state index is 0.0272. The summed E-state index contributed by atoms with van der Waals surface area (Å²) in [5.41, 5.74) is 4.04. The monoisotopic (exact) mass is 344 g/mol. The minimum atomic E-state index is -0.200. The zero-order valence-electron chi connectivity index (χ0n) is 13.5. The lowest BCUT2D eigenvalue weighted by Gasteiger charge is -2.32. The number of allylic oxidation sites excluding steroid dienone is 4. The predicted molar refractivity (Wildman–Crippen MR) is 101 cm³/mol. The summed E-state index contributed by atoms with van der Waals surface area (Å²) in [5.74, 6) is 0.0211. The third kappa shape index (κ3) is 2.25. The zero-order valence-corrected chi connectivity index (χ0v) is 14.3. The number of carbonyl (C=O) groups is 1. The Bertz CT molecular complexity index is 1030. The quantitative estimate of drug-likeness (QED) is 0.764. The lowest BCUT2D eigenvalue weighted by atomic mass is 9.73. The number of ketones is 1. The van der Waals surface area contributed by atoms with Crippen LogP contribution in [0.5, 0.6) is 0 Å². The van der Waals surface area contributed by atoms with E-state index in [9.17, 15) is 4.79 Å². The molecule has 0 aliphatic heterocycles. The van der Waals surface area contributed by atoms with E-state index < -0.39 is 0 Å². The van der Waals surface area contributed by atoms with Crippen LogP contribution in [0.25, 0.3) is 10.1 Å². The van der Waals surface area contributed by atoms with Crippen molar-refractivity contribution in [3.05, 3.63) is 89.3 Å². The Morgan fingerprint density at radius 2 is 1.96 bits per heavy atom. The van der Waals surface area contributed by atoms with Gasteiger partial charge in [0.05, 0.1) is 16.3 Å². The number of rotatable bonds is 3. The molecule has 2 aliphatic carbocycles. The topological polar surface area (TPSA) is 42.0 Å². The minimum Gasteiger partial charge on any atom is -0.384 e. The van der Waals surface area contributed by atoms with E-state index in [0.29, 0.717) is 6.54 Å². The Morgan fingerprint density at radius 3 is 2.84 bits per heavy atom. The maximum absolute atomic E-state index is 13.2. The second-order valence-electron chi connectivity index (χ2n) is 6.46. The van der Waals surface area contributed by atoms with Gasteiger partial charge < -0.3 is 5.32 Å². The molecule has 5 rings (SSSR count). The molecule has 1 aromatic heterocycles. The van der Waals surface area contributed by atoms with Crippen LogP contribution in [0.1, 0.15) is 27.5 Å². The van der Waals surface area contributed by atoms with Gasteiger partial charge in [-0.2, -0.15) is 4.37 Å². The SMILES string of the molecule is O=C1c2cccc3snc(c23)C2C=CC=C(NCc3ccccc3)C12. The number of hydrogen-bond acceptors (Lipinski definition) is 4. The van der Waals surface area contributed by atoms with Gasteiger partial charge in [-0.15, -0.1) is 0 Å². The second kappa shape index (κ2) is 5.67. The van der Waals surface area contributed by atoms with E-state index >= 15 is 0 Å². The predicted octanol–water partition coefficient (Wildman–Crippen LogP) is 4.44. The van der Waals surface area contributed by atoms with Gasteiger partial charge in [0.1, 0.15) is 0 Å². The molecule has 2 atom stereocenters. The van der Waals surface area contributed by atoms with Crippen molar-refractivity contribution in [2.75, 3.05) is 0 Å². The van der Waals surface area contributed by atoms with Gasteiger partial charge in [0.2, 0.25) is 0 Å². The molecule has 0 amide bonds. The molecule has 3 aromatic rings. The Morgan fingerprint density at radius 1 is 1.08 bits per heavy atom. The van der Waals surface area contributed by atoms with Gasteiger partial charge in [0.25, 0.3) is 0 Å². The van der Waals surface area contributed by atoms with E-state index in [-0.39, 0.29) is 17.6 Å². The summed E-state index contributed by atoms with van der Waals surface area (Å²) in [5, 5.41) is 4.54. The first kappa shape index (κ1) is 14.6. The average molecular weight is 344 g/mol. The third-order valence-electron chi connectivity index (χ3n) is 5.02. The number of fused-ring (bicyclic) bond motifs is 2. The van der Waals surface area contributed by atoms with Gasteiger partial charge in [0, 0.05) is 29.1 Å². The number of hydrogen-bond donors (Lipinski definition) is 1. The molecule has 0 spiro atoms. The number of carbonyl (C=O) groups excluding carboxylic acids is 1. The van der Waals surface area contributed by atoms with Crippen molar-refractivity contribution in [3.63, 3.8) is 0 Å². The Hall–Kier alpha value is -2.72. The van der Waals surface area contributed by atoms with E-state index in [0.717, 1.165) is 27.0 Å². The van der Waals surface area contributed by atoms with Crippen molar-refractivity contribution in [1.82, 2.24) is 9.69 Å². The molecule has 1 heterocycles. The molecule has 0 saturated heterocycles. The van der Waals surface area contributed by atoms with Crippen molar-refractivity contribution >= 4 is 27.4 Å². The molecular weight excluding hydrogens is 328 g/mol. The molecular formula is C21H16N2OS. The number of Topliss-reactive ketones (excluding diaryl/α,β-unsaturated/α-hetero) is 1. The molecule has 2 aromatic carbocycles. The molecule has 122 valence electrons. The van der Waals surface area contributed by atoms with Crippen molar-refractivity contribution in [1.29, 1.82) is 0 Å². The fraction of sp³-hybridized carbons (Fsp3) is 0.143. The highest BCUT2D eigenvalue weighted by molar-refractivity contribution is 7.13. The van der Waals surface area contributed by atoms with Crippen LogP contribution in [0.3, 0.4) is 0 Å². The highest BCUT2D eigenvalue weighted by Gasteiger charge is 2.40. The molecule has 25 heavy (non-hydrogen) atoms. The van der Waals surface area contributed by atoms with Gasteiger partial charge in [-0.1, -0.05) is 54.6 Å². The summed E-state index contributed by atoms with van der Waals surface area (Å²) >= 11 is 1.49. The van der Waals surface area contributed by atoms with Crippen molar-refractivity contribution in [2.45, 2.75) is 12.5 Å². The van der Waals surface area contributed by atoms with E-state index in [1.165, 1.54) is 17.1 Å². The van der Waals surface area contributed by atoms with Gasteiger partial charge in [0.15, 0.2) is 5.78 Å². The Kier molecular flexibility index (Phi) is 3.31. The summed E-state index contributed by atoms with van der Waals surface area (Å²) in [6.45, 7) is 0.713. The van der Waals surface area contributed by atoms with Gasteiger partial charge in [-0.3, -0.25) is 4.79 Å². The van der Waals surface area contributed by atoms with Gasteiger partial charge in [-0.05, 0) is 29.2 Å². The van der Waals surface area contributed by atoms with Crippen LogP contribution in [0.15, 0.2) is 72.5 Å². The first-order chi connectivity index (χ1) is 12.3. The first-order valence-electron chi connectivity index (χ1n) is 8.41. The zero-order chi connectivity index (χ0) is 16.8. The first-order valence-corrected chi connectivity index (χ1v) is 9.19. The van der Waals surface area contributed by atoms with E-state index in [1.54, 1.807) is 0 Å². The van der Waals surface area contributed by atoms with Gasteiger partial charge in [-0.25, -0.2) is 0 Å². The lowest BCUT2D eigenvalue weighted by Crippen LogP contribution is -2.34. The molecule has 4 heteroatoms. The number of nitrogens with one attached hydrogen (secondary N) is 1. The maximum atomic E-state index is 13.2. The van der Waals surface area contributed by atoms with Crippen LogP contribution in [-0.4, -0.2) is 10.2 Å². The number of benzene rings is 2. The largest absolute Gasteiger partial charge is 0.384 e. The molecule has 0 bridgehead atoms. The molecule has 1 N–H and O–H groups in total. The van der Waals surface area contributed by atoms with E-state index in [2.05, 4.69) is 27.9 Å². The van der Waals surface area contributed by atoms with Crippen LogP contribution in [0.2, 0.25) is 0 Å². The second-order valence-corrected chi connectivity index (χ2v) is 7.27. The van der Waals surface area contributed by atoms with Crippen LogP contribution in [-0.2, 0) is 6.54 Å². The van der Waals surface area contributed by atoms with Crippen molar-refractivity contribution in [2.24, 2.45) is 5.92 Å². The standard InChI is InChI=1S/C21H16N2OS/c24-21-15-9-5-11-17-19(15)20(23-25-17)14-8-4-10-16(18(14)21)22-12-13-6-2-1-3-7-13/h1-11,14,18,22H,12H2. The fourth-order valence-corrected chi connectivity index (χ4v) is 4.68. The number of aromatic nitrogens is 1. The van der Waals surface area contributed by atoms with Crippen molar-refractivity contribution in [3.8, 4) is 0 Å². The summed E-state index contributed by atoms with van der Waals surface area (Å²) in [4.78, 5) is 13.2. The van der Waals surface area contributed by atoms with Crippen LogP contribution >= 0.6 is 11.5 Å². The smallest absolute Gasteiger partial charge is 0.173 e. The summed E-state index contributed by atoms with van der Waals surface area (Å²) in [7, 11) is 0. The lowest BCUT2D eigenvalue weighted by molar-refractivity contribution is 0.0923. The molecule has 0 fully saturated rings. The maximum Gasteiger partial charge on any atom is 0.173 e. The van der Waals surface area contributed by atoms with E-state index in [4.69, 9.17) is 0 Å². The molecule has 0 saturated carbocycles. The molecule has 2 aliphatic rings. The highest BCUT2D eigenvalue weighted by atomic mass is 32.1. The number of nitrogens with zero attached hydrogens (tertiary/aromatic N) is 1. The third-order valence-corrected chi connectivity index (χ3v) is 5.84. The fourth-order valence-electron chi connectivity index (χ4n) is 3.83. The summed E-state index contributed by atoms with van der Waals surface area (Å²) in [6, 6.07) is 16.2. The summed E-state index contributed by atoms with van der Waals surface area (Å²) < 4.78 is 5.78. The van der Waals surface area contributed by atoms with E-state index in [1.807, 2.05) is 48.6 Å². The van der Waals surface area contributed by atoms with Crippen LogP contribution in [0.4, 0.5) is 0 Å². The Labute approximate surface area is 149 Å². The van der Waals surface area contributed by atoms with Crippen LogP contribution < -0.4 is 5.32 Å². The molecule has 0 radical (unpaired) electrons. The van der Waals surface area contributed by atoms with Gasteiger partial charge >= 0.3 is 0 Å². The normalized spacial score (nSPS) is 21.1. The van der Waals surface area contributed by atoms with Crippen molar-refractivity contribution < 1.29 is 4.79 Å². The van der Waals surface area contributed by atoms with Crippen LogP contribution in [0, 0.1) is 5.92 Å². The molecule has 2 unspecified atom stereocenters. The highest BCUT2D eigenvalue weighted by Crippen LogP contribution is 2.45. The molecule has 3 nitrogen and oxygen atoms in total. The summed E-state index contributed by atoms with van der Waals surface area (Å²) in [6.07, 6.45) is 6.18. The average Bonchev–Trinajstić information content (AvgIpc) is 3.10.